The Kier molecular flexibility index (Phi) is 7.03. The van der Waals surface area contributed by atoms with Gasteiger partial charge >= 0.3 is 5.97 Å². The minimum absolute atomic E-state index is 0.136. The Morgan fingerprint density at radius 3 is 2.32 bits per heavy atom. The molecule has 25 heavy (non-hydrogen) atoms. The highest BCUT2D eigenvalue weighted by Crippen LogP contribution is 2.37. The zero-order chi connectivity index (χ0) is 18.2. The molecule has 0 saturated heterocycles. The van der Waals surface area contributed by atoms with Crippen LogP contribution in [0.25, 0.3) is 12.2 Å². The van der Waals surface area contributed by atoms with Gasteiger partial charge in [0.05, 0.1) is 24.3 Å². The highest BCUT2D eigenvalue weighted by Gasteiger charge is 2.11. The van der Waals surface area contributed by atoms with E-state index < -0.39 is 0 Å². The van der Waals surface area contributed by atoms with Gasteiger partial charge in [0.25, 0.3) is 0 Å². The first-order chi connectivity index (χ1) is 12.1. The quantitative estimate of drug-likeness (QED) is 0.387. The number of carbonyl (C=O) groups excluding carboxylic acids is 1. The fourth-order valence-electron chi connectivity index (χ4n) is 2.13. The van der Waals surface area contributed by atoms with E-state index >= 15 is 0 Å². The largest absolute Gasteiger partial charge is 0.493 e. The molecule has 0 radical (unpaired) electrons. The second-order valence-electron chi connectivity index (χ2n) is 5.03. The van der Waals surface area contributed by atoms with Crippen LogP contribution in [0.4, 0.5) is 0 Å². The summed E-state index contributed by atoms with van der Waals surface area (Å²) in [6.07, 6.45) is 3.89. The molecule has 2 aromatic rings. The Hall–Kier alpha value is -2.31. The highest BCUT2D eigenvalue weighted by molar-refractivity contribution is 9.10. The Bertz CT molecular complexity index is 753. The summed E-state index contributed by atoms with van der Waals surface area (Å²) >= 11 is 3.48. The number of hydrogen-bond donors (Lipinski definition) is 0. The van der Waals surface area contributed by atoms with Crippen LogP contribution < -0.4 is 9.47 Å². The summed E-state index contributed by atoms with van der Waals surface area (Å²) in [5, 5.41) is 0. The summed E-state index contributed by atoms with van der Waals surface area (Å²) in [5.74, 6) is 0.840. The van der Waals surface area contributed by atoms with Gasteiger partial charge in [-0.15, -0.1) is 0 Å². The van der Waals surface area contributed by atoms with Gasteiger partial charge in [0.2, 0.25) is 0 Å². The Morgan fingerprint density at radius 2 is 1.72 bits per heavy atom. The molecule has 0 heterocycles. The number of halogens is 1. The van der Waals surface area contributed by atoms with E-state index in [1.165, 1.54) is 7.11 Å². The second-order valence-corrected chi connectivity index (χ2v) is 5.89. The third-order valence-corrected chi connectivity index (χ3v) is 3.96. The van der Waals surface area contributed by atoms with Crippen molar-refractivity contribution in [3.63, 3.8) is 0 Å². The molecule has 0 aliphatic rings. The van der Waals surface area contributed by atoms with Gasteiger partial charge < -0.3 is 18.9 Å². The van der Waals surface area contributed by atoms with E-state index in [0.29, 0.717) is 17.1 Å². The van der Waals surface area contributed by atoms with Crippen molar-refractivity contribution in [1.29, 1.82) is 0 Å². The lowest BCUT2D eigenvalue weighted by Gasteiger charge is -2.12. The number of hydrogen-bond acceptors (Lipinski definition) is 5. The van der Waals surface area contributed by atoms with Crippen molar-refractivity contribution in [3.05, 3.63) is 57.6 Å². The van der Waals surface area contributed by atoms with E-state index in [9.17, 15) is 4.79 Å². The highest BCUT2D eigenvalue weighted by atomic mass is 79.9. The van der Waals surface area contributed by atoms with E-state index in [4.69, 9.17) is 14.2 Å². The van der Waals surface area contributed by atoms with Crippen LogP contribution >= 0.6 is 15.9 Å². The zero-order valence-electron chi connectivity index (χ0n) is 14.2. The van der Waals surface area contributed by atoms with Crippen LogP contribution in [0.1, 0.15) is 21.5 Å². The summed E-state index contributed by atoms with van der Waals surface area (Å²) in [4.78, 5) is 11.4. The van der Waals surface area contributed by atoms with Crippen molar-refractivity contribution in [3.8, 4) is 11.5 Å². The van der Waals surface area contributed by atoms with E-state index in [2.05, 4.69) is 20.7 Å². The minimum atomic E-state index is -0.351. The maximum atomic E-state index is 11.4. The van der Waals surface area contributed by atoms with Gasteiger partial charge in [-0.1, -0.05) is 24.3 Å². The second kappa shape index (κ2) is 9.25. The third kappa shape index (κ3) is 5.08. The van der Waals surface area contributed by atoms with Crippen molar-refractivity contribution < 1.29 is 23.7 Å². The normalized spacial score (nSPS) is 10.7. The predicted octanol–water partition coefficient (Wildman–Crippen LogP) is 4.40. The topological polar surface area (TPSA) is 54.0 Å². The lowest BCUT2D eigenvalue weighted by molar-refractivity contribution is 0.0486. The van der Waals surface area contributed by atoms with Crippen LogP contribution in [0, 0.1) is 0 Å². The molecule has 0 aromatic heterocycles. The van der Waals surface area contributed by atoms with E-state index in [1.54, 1.807) is 26.4 Å². The van der Waals surface area contributed by atoms with E-state index in [-0.39, 0.29) is 12.8 Å². The number of methoxy groups -OCH3 is 3. The summed E-state index contributed by atoms with van der Waals surface area (Å²) in [7, 11) is 4.50. The van der Waals surface area contributed by atoms with Crippen molar-refractivity contribution in [2.75, 3.05) is 28.1 Å². The third-order valence-electron chi connectivity index (χ3n) is 3.37. The summed E-state index contributed by atoms with van der Waals surface area (Å²) in [6, 6.07) is 10.9. The van der Waals surface area contributed by atoms with Gasteiger partial charge in [-0.25, -0.2) is 4.79 Å². The molecule has 132 valence electrons. The van der Waals surface area contributed by atoms with Crippen molar-refractivity contribution in [2.24, 2.45) is 0 Å². The van der Waals surface area contributed by atoms with E-state index in [1.807, 2.05) is 36.4 Å². The van der Waals surface area contributed by atoms with Gasteiger partial charge in [0, 0.05) is 7.11 Å². The average molecular weight is 407 g/mol. The molecule has 5 nitrogen and oxygen atoms in total. The Morgan fingerprint density at radius 1 is 1.04 bits per heavy atom. The van der Waals surface area contributed by atoms with Crippen LogP contribution in [0.15, 0.2) is 40.9 Å². The molecule has 0 fully saturated rings. The first-order valence-electron chi connectivity index (χ1n) is 7.44. The predicted molar refractivity (Wildman–Crippen MR) is 99.9 cm³/mol. The first kappa shape index (κ1) is 19.0. The fraction of sp³-hybridized carbons (Fsp3) is 0.211. The molecule has 0 N–H and O–H groups in total. The van der Waals surface area contributed by atoms with Gasteiger partial charge in [0.15, 0.2) is 18.3 Å². The number of carbonyl (C=O) groups is 1. The maximum absolute atomic E-state index is 11.4. The molecular formula is C19H19BrO5. The molecule has 0 amide bonds. The Labute approximate surface area is 155 Å². The average Bonchev–Trinajstić information content (AvgIpc) is 2.64. The van der Waals surface area contributed by atoms with Gasteiger partial charge in [0.1, 0.15) is 0 Å². The van der Waals surface area contributed by atoms with E-state index in [0.717, 1.165) is 15.6 Å². The number of esters is 1. The molecule has 0 spiro atoms. The molecule has 0 aliphatic carbocycles. The molecule has 0 unspecified atom stereocenters. The summed E-state index contributed by atoms with van der Waals surface area (Å²) in [6.45, 7) is 0.136. The SMILES string of the molecule is COCOc1c(Br)cc(/C=C/c2ccc(C(=O)OC)cc2)cc1OC. The van der Waals surface area contributed by atoms with Gasteiger partial charge in [-0.05, 0) is 51.3 Å². The van der Waals surface area contributed by atoms with Crippen LogP contribution in [-0.4, -0.2) is 34.1 Å². The van der Waals surface area contributed by atoms with Gasteiger partial charge in [-0.3, -0.25) is 0 Å². The van der Waals surface area contributed by atoms with Crippen LogP contribution in [-0.2, 0) is 9.47 Å². The van der Waals surface area contributed by atoms with Crippen LogP contribution in [0.3, 0.4) is 0 Å². The van der Waals surface area contributed by atoms with Crippen molar-refractivity contribution >= 4 is 34.1 Å². The molecule has 0 aliphatic heterocycles. The van der Waals surface area contributed by atoms with Crippen LogP contribution in [0.2, 0.25) is 0 Å². The Balaban J connectivity index is 2.20. The monoisotopic (exact) mass is 406 g/mol. The molecule has 0 atom stereocenters. The van der Waals surface area contributed by atoms with Crippen molar-refractivity contribution in [2.45, 2.75) is 0 Å². The molecule has 0 bridgehead atoms. The first-order valence-corrected chi connectivity index (χ1v) is 8.24. The lowest BCUT2D eigenvalue weighted by Crippen LogP contribution is -2.01. The van der Waals surface area contributed by atoms with Crippen LogP contribution in [0.5, 0.6) is 11.5 Å². The lowest BCUT2D eigenvalue weighted by atomic mass is 10.1. The fourth-order valence-corrected chi connectivity index (χ4v) is 2.71. The number of benzene rings is 2. The number of rotatable bonds is 7. The zero-order valence-corrected chi connectivity index (χ0v) is 15.8. The summed E-state index contributed by atoms with van der Waals surface area (Å²) in [5.41, 5.74) is 2.41. The number of ether oxygens (including phenoxy) is 4. The molecule has 0 saturated carbocycles. The molecule has 2 rings (SSSR count). The minimum Gasteiger partial charge on any atom is -0.493 e. The smallest absolute Gasteiger partial charge is 0.337 e. The van der Waals surface area contributed by atoms with Crippen molar-refractivity contribution in [1.82, 2.24) is 0 Å². The molecule has 2 aromatic carbocycles. The maximum Gasteiger partial charge on any atom is 0.337 e. The standard InChI is InChI=1S/C19H19BrO5/c1-22-12-25-18-16(20)10-14(11-17(18)23-2)5-4-13-6-8-15(9-7-13)19(21)24-3/h4-11H,12H2,1-3H3/b5-4+. The summed E-state index contributed by atoms with van der Waals surface area (Å²) < 4.78 is 21.3. The molecule has 6 heteroatoms. The van der Waals surface area contributed by atoms with Gasteiger partial charge in [-0.2, -0.15) is 0 Å². The molecular weight excluding hydrogens is 388 g/mol.